The van der Waals surface area contributed by atoms with Crippen molar-refractivity contribution in [3.8, 4) is 11.8 Å². The number of hydrogen-bond acceptors (Lipinski definition) is 2. The summed E-state index contributed by atoms with van der Waals surface area (Å²) in [6, 6.07) is 5.65. The molecule has 0 bridgehead atoms. The van der Waals surface area contributed by atoms with Gasteiger partial charge in [0.15, 0.2) is 0 Å². The van der Waals surface area contributed by atoms with Gasteiger partial charge in [0, 0.05) is 24.2 Å². The van der Waals surface area contributed by atoms with E-state index in [9.17, 15) is 4.79 Å². The van der Waals surface area contributed by atoms with Gasteiger partial charge in [0.1, 0.15) is 0 Å². The SMILES string of the molecule is CCN(CC(C)C)C(=O)c1ccc(C#CCN)c(C)c1. The molecule has 0 aromatic heterocycles. The first kappa shape index (κ1) is 16.3. The number of nitrogens with two attached hydrogens (primary N) is 1. The molecule has 0 aliphatic heterocycles. The third-order valence-corrected chi connectivity index (χ3v) is 3.05. The Balaban J connectivity index is 2.96. The maximum Gasteiger partial charge on any atom is 0.253 e. The van der Waals surface area contributed by atoms with Gasteiger partial charge < -0.3 is 10.6 Å². The van der Waals surface area contributed by atoms with E-state index < -0.39 is 0 Å². The highest BCUT2D eigenvalue weighted by Crippen LogP contribution is 2.13. The highest BCUT2D eigenvalue weighted by Gasteiger charge is 2.15. The standard InChI is InChI=1S/C17H24N2O/c1-5-19(12-13(2)3)17(20)16-9-8-15(7-6-10-18)14(4)11-16/h8-9,11,13H,5,10,12,18H2,1-4H3. The van der Waals surface area contributed by atoms with Gasteiger partial charge in [0.05, 0.1) is 6.54 Å². The Kier molecular flexibility index (Phi) is 6.27. The number of benzene rings is 1. The van der Waals surface area contributed by atoms with E-state index in [0.717, 1.165) is 29.8 Å². The van der Waals surface area contributed by atoms with Crippen molar-refractivity contribution in [2.45, 2.75) is 27.7 Å². The average Bonchev–Trinajstić information content (AvgIpc) is 2.42. The van der Waals surface area contributed by atoms with Gasteiger partial charge in [-0.2, -0.15) is 0 Å². The second-order valence-electron chi connectivity index (χ2n) is 5.27. The van der Waals surface area contributed by atoms with Crippen LogP contribution in [0.2, 0.25) is 0 Å². The molecule has 3 heteroatoms. The average molecular weight is 272 g/mol. The van der Waals surface area contributed by atoms with E-state index >= 15 is 0 Å². The summed E-state index contributed by atoms with van der Waals surface area (Å²) in [5, 5.41) is 0. The normalized spacial score (nSPS) is 10.1. The number of nitrogens with zero attached hydrogens (tertiary/aromatic N) is 1. The van der Waals surface area contributed by atoms with Crippen molar-refractivity contribution in [2.24, 2.45) is 11.7 Å². The molecular weight excluding hydrogens is 248 g/mol. The van der Waals surface area contributed by atoms with Crippen molar-refractivity contribution in [2.75, 3.05) is 19.6 Å². The van der Waals surface area contributed by atoms with Crippen LogP contribution in [0.15, 0.2) is 18.2 Å². The molecule has 1 rings (SSSR count). The van der Waals surface area contributed by atoms with E-state index in [2.05, 4.69) is 25.7 Å². The summed E-state index contributed by atoms with van der Waals surface area (Å²) in [5.74, 6) is 6.40. The van der Waals surface area contributed by atoms with Crippen molar-refractivity contribution >= 4 is 5.91 Å². The molecule has 0 radical (unpaired) electrons. The highest BCUT2D eigenvalue weighted by atomic mass is 16.2. The Morgan fingerprint density at radius 1 is 1.40 bits per heavy atom. The molecule has 20 heavy (non-hydrogen) atoms. The smallest absolute Gasteiger partial charge is 0.253 e. The molecule has 0 aliphatic carbocycles. The number of hydrogen-bond donors (Lipinski definition) is 1. The molecule has 1 aromatic carbocycles. The quantitative estimate of drug-likeness (QED) is 0.856. The molecule has 0 heterocycles. The third kappa shape index (κ3) is 4.40. The Bertz CT molecular complexity index is 524. The largest absolute Gasteiger partial charge is 0.339 e. The molecule has 0 unspecified atom stereocenters. The predicted octanol–water partition coefficient (Wildman–Crippen LogP) is 2.42. The van der Waals surface area contributed by atoms with Crippen LogP contribution < -0.4 is 5.73 Å². The van der Waals surface area contributed by atoms with E-state index in [1.807, 2.05) is 36.9 Å². The number of amides is 1. The van der Waals surface area contributed by atoms with Crippen molar-refractivity contribution in [3.63, 3.8) is 0 Å². The molecule has 0 saturated carbocycles. The van der Waals surface area contributed by atoms with Gasteiger partial charge in [0.25, 0.3) is 5.91 Å². The number of carbonyl (C=O) groups excluding carboxylic acids is 1. The fourth-order valence-corrected chi connectivity index (χ4v) is 2.06. The first-order valence-electron chi connectivity index (χ1n) is 7.08. The molecule has 0 aliphatic rings. The van der Waals surface area contributed by atoms with E-state index in [1.165, 1.54) is 0 Å². The minimum Gasteiger partial charge on any atom is -0.339 e. The Labute approximate surface area is 122 Å². The molecule has 3 nitrogen and oxygen atoms in total. The number of carbonyl (C=O) groups is 1. The lowest BCUT2D eigenvalue weighted by molar-refractivity contribution is 0.0745. The first-order valence-corrected chi connectivity index (χ1v) is 7.08. The van der Waals surface area contributed by atoms with E-state index in [1.54, 1.807) is 0 Å². The minimum absolute atomic E-state index is 0.0858. The minimum atomic E-state index is 0.0858. The number of rotatable bonds is 4. The van der Waals surface area contributed by atoms with E-state index in [4.69, 9.17) is 5.73 Å². The molecular formula is C17H24N2O. The first-order chi connectivity index (χ1) is 9.49. The predicted molar refractivity (Wildman–Crippen MR) is 83.5 cm³/mol. The topological polar surface area (TPSA) is 46.3 Å². The van der Waals surface area contributed by atoms with Gasteiger partial charge in [-0.1, -0.05) is 25.7 Å². The summed E-state index contributed by atoms with van der Waals surface area (Å²) < 4.78 is 0. The lowest BCUT2D eigenvalue weighted by atomic mass is 10.0. The highest BCUT2D eigenvalue weighted by molar-refractivity contribution is 5.94. The Hall–Kier alpha value is -1.79. The van der Waals surface area contributed by atoms with Crippen molar-refractivity contribution < 1.29 is 4.79 Å². The van der Waals surface area contributed by atoms with Crippen LogP contribution in [0.5, 0.6) is 0 Å². The zero-order valence-electron chi connectivity index (χ0n) is 12.9. The van der Waals surface area contributed by atoms with Crippen LogP contribution in [0.1, 0.15) is 42.3 Å². The Morgan fingerprint density at radius 2 is 2.10 bits per heavy atom. The molecule has 0 spiro atoms. The van der Waals surface area contributed by atoms with Gasteiger partial charge >= 0.3 is 0 Å². The zero-order chi connectivity index (χ0) is 15.1. The summed E-state index contributed by atoms with van der Waals surface area (Å²) in [6.45, 7) is 10.1. The van der Waals surface area contributed by atoms with E-state index in [0.29, 0.717) is 12.5 Å². The van der Waals surface area contributed by atoms with Gasteiger partial charge in [0.2, 0.25) is 0 Å². The second-order valence-corrected chi connectivity index (χ2v) is 5.27. The van der Waals surface area contributed by atoms with Crippen molar-refractivity contribution in [3.05, 3.63) is 34.9 Å². The molecule has 1 amide bonds. The summed E-state index contributed by atoms with van der Waals surface area (Å²) >= 11 is 0. The summed E-state index contributed by atoms with van der Waals surface area (Å²) in [5.41, 5.74) is 8.04. The van der Waals surface area contributed by atoms with Crippen LogP contribution >= 0.6 is 0 Å². The molecule has 108 valence electrons. The molecule has 1 aromatic rings. The monoisotopic (exact) mass is 272 g/mol. The maximum atomic E-state index is 12.5. The lowest BCUT2D eigenvalue weighted by Gasteiger charge is -2.23. The third-order valence-electron chi connectivity index (χ3n) is 3.05. The fraction of sp³-hybridized carbons (Fsp3) is 0.471. The van der Waals surface area contributed by atoms with Crippen molar-refractivity contribution in [1.29, 1.82) is 0 Å². The van der Waals surface area contributed by atoms with Gasteiger partial charge in [-0.05, 0) is 43.5 Å². The van der Waals surface area contributed by atoms with Crippen LogP contribution in [-0.4, -0.2) is 30.4 Å². The van der Waals surface area contributed by atoms with Crippen LogP contribution in [0.3, 0.4) is 0 Å². The summed E-state index contributed by atoms with van der Waals surface area (Å²) in [7, 11) is 0. The maximum absolute atomic E-state index is 12.5. The molecule has 0 fully saturated rings. The van der Waals surface area contributed by atoms with Gasteiger partial charge in [-0.3, -0.25) is 4.79 Å². The lowest BCUT2D eigenvalue weighted by Crippen LogP contribution is -2.34. The summed E-state index contributed by atoms with van der Waals surface area (Å²) in [4.78, 5) is 14.3. The van der Waals surface area contributed by atoms with Crippen LogP contribution in [0.4, 0.5) is 0 Å². The number of aryl methyl sites for hydroxylation is 1. The fourth-order valence-electron chi connectivity index (χ4n) is 2.06. The van der Waals surface area contributed by atoms with Crippen LogP contribution in [-0.2, 0) is 0 Å². The van der Waals surface area contributed by atoms with Crippen molar-refractivity contribution in [1.82, 2.24) is 4.90 Å². The second kappa shape index (κ2) is 7.72. The molecule has 2 N–H and O–H groups in total. The van der Waals surface area contributed by atoms with E-state index in [-0.39, 0.29) is 5.91 Å². The zero-order valence-corrected chi connectivity index (χ0v) is 12.9. The molecule has 0 atom stereocenters. The van der Waals surface area contributed by atoms with Gasteiger partial charge in [-0.25, -0.2) is 0 Å². The van der Waals surface area contributed by atoms with Gasteiger partial charge in [-0.15, -0.1) is 0 Å². The van der Waals surface area contributed by atoms with Crippen LogP contribution in [0.25, 0.3) is 0 Å². The van der Waals surface area contributed by atoms with Crippen LogP contribution in [0, 0.1) is 24.7 Å². The summed E-state index contributed by atoms with van der Waals surface area (Å²) in [6.07, 6.45) is 0. The molecule has 0 saturated heterocycles. The Morgan fingerprint density at radius 3 is 2.60 bits per heavy atom.